The first-order valence-electron chi connectivity index (χ1n) is 3.66. The van der Waals surface area contributed by atoms with Crippen molar-refractivity contribution in [1.82, 2.24) is 0 Å². The fraction of sp³-hybridized carbons (Fsp3) is 1.00. The van der Waals surface area contributed by atoms with Crippen LogP contribution in [0.2, 0.25) is 0 Å². The van der Waals surface area contributed by atoms with E-state index in [2.05, 4.69) is 20.8 Å². The lowest BCUT2D eigenvalue weighted by atomic mass is 10.5. The zero-order valence-corrected chi connectivity index (χ0v) is 6.98. The van der Waals surface area contributed by atoms with Crippen molar-refractivity contribution in [2.45, 2.75) is 20.8 Å². The van der Waals surface area contributed by atoms with E-state index >= 15 is 0 Å². The normalized spacial score (nSPS) is 12.0. The van der Waals surface area contributed by atoms with Gasteiger partial charge in [0, 0.05) is 0 Å². The van der Waals surface area contributed by atoms with Crippen molar-refractivity contribution in [3.05, 3.63) is 0 Å². The molecular weight excluding hydrogens is 114 g/mol. The van der Waals surface area contributed by atoms with E-state index < -0.39 is 0 Å². The molecule has 0 aliphatic heterocycles. The molecule has 0 radical (unpaired) electrons. The summed E-state index contributed by atoms with van der Waals surface area (Å²) in [5.41, 5.74) is 0. The third kappa shape index (κ3) is 1.95. The molecule has 0 saturated heterocycles. The quantitative estimate of drug-likeness (QED) is 0.415. The average molecular weight is 132 g/mol. The molecule has 0 aromatic heterocycles. The summed E-state index contributed by atoms with van der Waals surface area (Å²) in [4.78, 5) is 5.32. The van der Waals surface area contributed by atoms with Crippen LogP contribution >= 0.6 is 0 Å². The molecule has 0 atom stereocenters. The monoisotopic (exact) mass is 132 g/mol. The van der Waals surface area contributed by atoms with Crippen LogP contribution in [0.5, 0.6) is 0 Å². The highest BCUT2D eigenvalue weighted by Crippen LogP contribution is 2.03. The molecule has 0 bridgehead atoms. The number of hydroxylamine groups is 3. The minimum atomic E-state index is 0.778. The van der Waals surface area contributed by atoms with Gasteiger partial charge in [-0.05, 0) is 20.8 Å². The summed E-state index contributed by atoms with van der Waals surface area (Å²) >= 11 is 0. The van der Waals surface area contributed by atoms with Crippen molar-refractivity contribution in [2.75, 3.05) is 26.7 Å². The Labute approximate surface area is 58.0 Å². The number of hydrogen-bond acceptors (Lipinski definition) is 1. The number of rotatable bonds is 4. The maximum absolute atomic E-state index is 5.32. The zero-order valence-electron chi connectivity index (χ0n) is 6.98. The maximum Gasteiger partial charge on any atom is 0.106 e. The lowest BCUT2D eigenvalue weighted by molar-refractivity contribution is -1.10. The smallest absolute Gasteiger partial charge is 0.106 e. The van der Waals surface area contributed by atoms with E-state index in [9.17, 15) is 0 Å². The third-order valence-corrected chi connectivity index (χ3v) is 2.12. The van der Waals surface area contributed by atoms with Gasteiger partial charge in [-0.15, -0.1) is 0 Å². The molecule has 0 aliphatic rings. The molecule has 0 unspecified atom stereocenters. The summed E-state index contributed by atoms with van der Waals surface area (Å²) in [6, 6.07) is 0. The van der Waals surface area contributed by atoms with Crippen molar-refractivity contribution < 1.29 is 9.48 Å². The molecule has 0 aromatic carbocycles. The largest absolute Gasteiger partial charge is 0.206 e. The van der Waals surface area contributed by atoms with E-state index in [0.29, 0.717) is 0 Å². The van der Waals surface area contributed by atoms with E-state index in [4.69, 9.17) is 4.84 Å². The Morgan fingerprint density at radius 1 is 1.00 bits per heavy atom. The van der Waals surface area contributed by atoms with Gasteiger partial charge >= 0.3 is 0 Å². The van der Waals surface area contributed by atoms with Crippen LogP contribution in [0.25, 0.3) is 0 Å². The van der Waals surface area contributed by atoms with Crippen LogP contribution in [0, 0.1) is 0 Å². The molecule has 0 rings (SSSR count). The van der Waals surface area contributed by atoms with Gasteiger partial charge in [-0.2, -0.15) is 4.65 Å². The predicted octanol–water partition coefficient (Wildman–Crippen LogP) is 1.42. The van der Waals surface area contributed by atoms with Gasteiger partial charge in [0.25, 0.3) is 0 Å². The van der Waals surface area contributed by atoms with Gasteiger partial charge in [0.2, 0.25) is 0 Å². The molecule has 0 saturated carbocycles. The minimum absolute atomic E-state index is 0.778. The predicted molar refractivity (Wildman–Crippen MR) is 38.9 cm³/mol. The Hall–Kier alpha value is -0.0800. The highest BCUT2D eigenvalue weighted by molar-refractivity contribution is 4.20. The average Bonchev–Trinajstić information content (AvgIpc) is 1.95. The third-order valence-electron chi connectivity index (χ3n) is 2.12. The van der Waals surface area contributed by atoms with Gasteiger partial charge in [-0.3, -0.25) is 0 Å². The van der Waals surface area contributed by atoms with Crippen molar-refractivity contribution in [3.8, 4) is 0 Å². The van der Waals surface area contributed by atoms with Gasteiger partial charge in [-0.1, -0.05) is 0 Å². The van der Waals surface area contributed by atoms with Gasteiger partial charge in [0.15, 0.2) is 0 Å². The van der Waals surface area contributed by atoms with E-state index in [1.165, 1.54) is 0 Å². The van der Waals surface area contributed by atoms with Gasteiger partial charge in [0.05, 0.1) is 7.11 Å². The van der Waals surface area contributed by atoms with Crippen molar-refractivity contribution in [2.24, 2.45) is 0 Å². The van der Waals surface area contributed by atoms with Crippen LogP contribution < -0.4 is 0 Å². The summed E-state index contributed by atoms with van der Waals surface area (Å²) in [6.45, 7) is 9.62. The number of quaternary nitrogens is 1. The van der Waals surface area contributed by atoms with Crippen LogP contribution in [0.3, 0.4) is 0 Å². The SMILES string of the molecule is CC[N+](CC)(CC)OC. The van der Waals surface area contributed by atoms with E-state index in [1.54, 1.807) is 7.11 Å². The first kappa shape index (κ1) is 8.92. The Kier molecular flexibility index (Phi) is 3.82. The van der Waals surface area contributed by atoms with Gasteiger partial charge in [-0.25, -0.2) is 4.84 Å². The molecule has 0 amide bonds. The summed E-state index contributed by atoms with van der Waals surface area (Å²) < 4.78 is 0.778. The standard InChI is InChI=1S/C7H18NO/c1-5-8(6-2,7-3)9-4/h5-7H2,1-4H3/q+1. The molecule has 0 heterocycles. The fourth-order valence-electron chi connectivity index (χ4n) is 1.06. The molecular formula is C7H18NO+. The van der Waals surface area contributed by atoms with Crippen LogP contribution in [0.4, 0.5) is 0 Å². The molecule has 0 spiro atoms. The summed E-state index contributed by atoms with van der Waals surface area (Å²) in [7, 11) is 1.77. The van der Waals surface area contributed by atoms with E-state index in [-0.39, 0.29) is 0 Å². The highest BCUT2D eigenvalue weighted by Gasteiger charge is 2.19. The fourth-order valence-corrected chi connectivity index (χ4v) is 1.06. The van der Waals surface area contributed by atoms with E-state index in [1.807, 2.05) is 0 Å². The summed E-state index contributed by atoms with van der Waals surface area (Å²) in [5, 5.41) is 0. The van der Waals surface area contributed by atoms with E-state index in [0.717, 1.165) is 24.3 Å². The minimum Gasteiger partial charge on any atom is -0.206 e. The Morgan fingerprint density at radius 2 is 1.33 bits per heavy atom. The van der Waals surface area contributed by atoms with Crippen molar-refractivity contribution in [1.29, 1.82) is 0 Å². The molecule has 0 aromatic rings. The van der Waals surface area contributed by atoms with Crippen molar-refractivity contribution >= 4 is 0 Å². The second-order valence-electron chi connectivity index (χ2n) is 2.19. The number of nitrogens with zero attached hydrogens (tertiary/aromatic N) is 1. The second-order valence-corrected chi connectivity index (χ2v) is 2.19. The molecule has 2 heteroatoms. The first-order valence-corrected chi connectivity index (χ1v) is 3.66. The van der Waals surface area contributed by atoms with Crippen LogP contribution in [-0.4, -0.2) is 31.4 Å². The molecule has 9 heavy (non-hydrogen) atoms. The first-order chi connectivity index (χ1) is 4.24. The molecule has 0 aliphatic carbocycles. The molecule has 0 fully saturated rings. The Balaban J connectivity index is 3.82. The Bertz CT molecular complexity index is 51.8. The summed E-state index contributed by atoms with van der Waals surface area (Å²) in [6.07, 6.45) is 0. The molecule has 0 N–H and O–H groups in total. The van der Waals surface area contributed by atoms with Gasteiger partial charge < -0.3 is 0 Å². The number of hydrogen-bond donors (Lipinski definition) is 0. The highest BCUT2D eigenvalue weighted by atomic mass is 16.7. The molecule has 56 valence electrons. The Morgan fingerprint density at radius 3 is 1.33 bits per heavy atom. The van der Waals surface area contributed by atoms with Crippen LogP contribution in [0.15, 0.2) is 0 Å². The maximum atomic E-state index is 5.32. The van der Waals surface area contributed by atoms with Crippen LogP contribution in [-0.2, 0) is 4.84 Å². The lowest BCUT2D eigenvalue weighted by Gasteiger charge is -2.30. The second kappa shape index (κ2) is 3.85. The van der Waals surface area contributed by atoms with Crippen molar-refractivity contribution in [3.63, 3.8) is 0 Å². The van der Waals surface area contributed by atoms with Crippen LogP contribution in [0.1, 0.15) is 20.8 Å². The zero-order chi connectivity index (χ0) is 7.33. The van der Waals surface area contributed by atoms with Gasteiger partial charge in [0.1, 0.15) is 19.6 Å². The lowest BCUT2D eigenvalue weighted by Crippen LogP contribution is -2.46. The molecule has 2 nitrogen and oxygen atoms in total. The summed E-state index contributed by atoms with van der Waals surface area (Å²) in [5.74, 6) is 0. The topological polar surface area (TPSA) is 9.23 Å².